The van der Waals surface area contributed by atoms with Gasteiger partial charge in [-0.2, -0.15) is 0 Å². The van der Waals surface area contributed by atoms with Gasteiger partial charge in [-0.1, -0.05) is 0 Å². The number of benzene rings is 1. The smallest absolute Gasteiger partial charge is 0.339 e. The van der Waals surface area contributed by atoms with Crippen LogP contribution in [0.5, 0.6) is 0 Å². The van der Waals surface area contributed by atoms with Crippen LogP contribution in [0.1, 0.15) is 20.7 Å². The van der Waals surface area contributed by atoms with E-state index in [1.54, 1.807) is 0 Å². The molecule has 80 valence electrons. The Morgan fingerprint density at radius 3 is 2.13 bits per heavy atom. The summed E-state index contributed by atoms with van der Waals surface area (Å²) >= 11 is 7.31. The molecule has 0 fully saturated rings. The average molecular weight is 248 g/mol. The number of rotatable bonds is 2. The average Bonchev–Trinajstić information content (AvgIpc) is 2.10. The van der Waals surface area contributed by atoms with Crippen molar-refractivity contribution in [2.75, 3.05) is 0 Å². The molecule has 0 radical (unpaired) electrons. The number of halogens is 1. The Hall–Kier alpha value is -1.21. The molecule has 15 heavy (non-hydrogen) atoms. The maximum atomic E-state index is 13.4. The first-order valence-electron chi connectivity index (χ1n) is 3.57. The fourth-order valence-electron chi connectivity index (χ4n) is 0.993. The van der Waals surface area contributed by atoms with Crippen molar-refractivity contribution in [1.82, 2.24) is 0 Å². The minimum absolute atomic E-state index is 0.254. The van der Waals surface area contributed by atoms with E-state index in [9.17, 15) is 14.0 Å². The molecule has 0 aromatic heterocycles. The first kappa shape index (κ1) is 11.9. The number of thiol groups is 2. The molecule has 1 aromatic carbocycles. The second kappa shape index (κ2) is 4.11. The van der Waals surface area contributed by atoms with Gasteiger partial charge >= 0.3 is 11.9 Å². The summed E-state index contributed by atoms with van der Waals surface area (Å²) in [6.45, 7) is 0. The Morgan fingerprint density at radius 1 is 1.20 bits per heavy atom. The highest BCUT2D eigenvalue weighted by molar-refractivity contribution is 7.80. The van der Waals surface area contributed by atoms with E-state index in [-0.39, 0.29) is 4.90 Å². The molecule has 1 aromatic rings. The van der Waals surface area contributed by atoms with E-state index in [1.807, 2.05) is 0 Å². The molecule has 0 saturated carbocycles. The standard InChI is InChI=1S/C8H5FO4S2/c9-5-4(8(12)13)3(14)1-2(6(5)15)7(10)11/h1,14-15H,(H,10,11)(H,12,13). The van der Waals surface area contributed by atoms with Gasteiger partial charge < -0.3 is 10.2 Å². The zero-order valence-corrected chi connectivity index (χ0v) is 8.85. The molecule has 0 spiro atoms. The van der Waals surface area contributed by atoms with Crippen LogP contribution in [-0.2, 0) is 0 Å². The first-order chi connectivity index (χ1) is 6.86. The zero-order valence-electron chi connectivity index (χ0n) is 7.06. The molecular weight excluding hydrogens is 243 g/mol. The first-order valence-corrected chi connectivity index (χ1v) is 4.46. The van der Waals surface area contributed by atoms with E-state index >= 15 is 0 Å². The lowest BCUT2D eigenvalue weighted by Crippen LogP contribution is -2.08. The molecule has 2 N–H and O–H groups in total. The van der Waals surface area contributed by atoms with E-state index in [0.29, 0.717) is 0 Å². The molecule has 0 amide bonds. The Labute approximate surface area is 94.5 Å². The molecule has 0 atom stereocenters. The monoisotopic (exact) mass is 248 g/mol. The number of carboxylic acid groups (broad SMARTS) is 2. The van der Waals surface area contributed by atoms with Gasteiger partial charge in [-0.15, -0.1) is 25.3 Å². The lowest BCUT2D eigenvalue weighted by atomic mass is 10.1. The predicted octanol–water partition coefficient (Wildman–Crippen LogP) is 1.80. The van der Waals surface area contributed by atoms with Crippen LogP contribution in [0.3, 0.4) is 0 Å². The minimum atomic E-state index is -1.52. The predicted molar refractivity (Wildman–Crippen MR) is 54.8 cm³/mol. The molecule has 0 aliphatic rings. The molecule has 4 nitrogen and oxygen atoms in total. The Balaban J connectivity index is 3.58. The number of carbonyl (C=O) groups is 2. The second-order valence-corrected chi connectivity index (χ2v) is 3.52. The van der Waals surface area contributed by atoms with Gasteiger partial charge in [0.25, 0.3) is 0 Å². The van der Waals surface area contributed by atoms with E-state index in [0.717, 1.165) is 6.07 Å². The Bertz CT molecular complexity index is 458. The zero-order chi connectivity index (χ0) is 11.7. The highest BCUT2D eigenvalue weighted by Crippen LogP contribution is 2.27. The molecule has 0 aliphatic carbocycles. The third-order valence-corrected chi connectivity index (χ3v) is 2.45. The van der Waals surface area contributed by atoms with Gasteiger partial charge in [0.2, 0.25) is 0 Å². The number of hydrogen-bond donors (Lipinski definition) is 4. The quantitative estimate of drug-likeness (QED) is 0.602. The normalized spacial score (nSPS) is 10.1. The van der Waals surface area contributed by atoms with E-state index in [4.69, 9.17) is 10.2 Å². The number of aromatic carboxylic acids is 2. The van der Waals surface area contributed by atoms with E-state index in [1.165, 1.54) is 0 Å². The summed E-state index contributed by atoms with van der Waals surface area (Å²) in [6, 6.07) is 0.945. The van der Waals surface area contributed by atoms with Gasteiger partial charge in [0.1, 0.15) is 5.56 Å². The van der Waals surface area contributed by atoms with Crippen LogP contribution in [0.25, 0.3) is 0 Å². The molecule has 7 heteroatoms. The van der Waals surface area contributed by atoms with Gasteiger partial charge in [0.05, 0.1) is 10.5 Å². The van der Waals surface area contributed by atoms with Crippen molar-refractivity contribution in [2.45, 2.75) is 9.79 Å². The summed E-state index contributed by atoms with van der Waals surface area (Å²) in [4.78, 5) is 20.4. The second-order valence-electron chi connectivity index (χ2n) is 2.59. The fourth-order valence-corrected chi connectivity index (χ4v) is 1.59. The number of hydrogen-bond acceptors (Lipinski definition) is 4. The Morgan fingerprint density at radius 2 is 1.73 bits per heavy atom. The van der Waals surface area contributed by atoms with Gasteiger partial charge in [-0.25, -0.2) is 14.0 Å². The van der Waals surface area contributed by atoms with Crippen LogP contribution in [0.2, 0.25) is 0 Å². The largest absolute Gasteiger partial charge is 0.478 e. The Kier molecular flexibility index (Phi) is 3.25. The maximum absolute atomic E-state index is 13.4. The van der Waals surface area contributed by atoms with Gasteiger partial charge in [0, 0.05) is 4.90 Å². The van der Waals surface area contributed by atoms with Crippen LogP contribution < -0.4 is 0 Å². The molecule has 1 rings (SSSR count). The summed E-state index contributed by atoms with van der Waals surface area (Å²) in [5, 5.41) is 17.3. The lowest BCUT2D eigenvalue weighted by molar-refractivity contribution is 0.0669. The molecule has 0 heterocycles. The van der Waals surface area contributed by atoms with Crippen molar-refractivity contribution in [3.05, 3.63) is 23.0 Å². The van der Waals surface area contributed by atoms with E-state index in [2.05, 4.69) is 25.3 Å². The van der Waals surface area contributed by atoms with Crippen LogP contribution in [0.4, 0.5) is 4.39 Å². The summed E-state index contributed by atoms with van der Waals surface area (Å²) in [7, 11) is 0. The summed E-state index contributed by atoms with van der Waals surface area (Å²) < 4.78 is 13.4. The van der Waals surface area contributed by atoms with Crippen molar-refractivity contribution in [3.63, 3.8) is 0 Å². The van der Waals surface area contributed by atoms with Gasteiger partial charge in [0.15, 0.2) is 5.82 Å². The highest BCUT2D eigenvalue weighted by atomic mass is 32.1. The van der Waals surface area contributed by atoms with Crippen molar-refractivity contribution >= 4 is 37.2 Å². The highest BCUT2D eigenvalue weighted by Gasteiger charge is 2.22. The van der Waals surface area contributed by atoms with E-state index < -0.39 is 33.8 Å². The number of carboxylic acids is 2. The molecule has 0 saturated heterocycles. The summed E-state index contributed by atoms with van der Waals surface area (Å²) in [5.74, 6) is -4.12. The van der Waals surface area contributed by atoms with Crippen LogP contribution in [0, 0.1) is 5.82 Å². The topological polar surface area (TPSA) is 74.6 Å². The summed E-state index contributed by atoms with van der Waals surface area (Å²) in [6.07, 6.45) is 0. The van der Waals surface area contributed by atoms with Crippen molar-refractivity contribution < 1.29 is 24.2 Å². The lowest BCUT2D eigenvalue weighted by Gasteiger charge is -2.07. The SMILES string of the molecule is O=C(O)c1cc(S)c(C(=O)O)c(F)c1S. The van der Waals surface area contributed by atoms with Crippen LogP contribution >= 0.6 is 25.3 Å². The molecular formula is C8H5FO4S2. The van der Waals surface area contributed by atoms with Crippen molar-refractivity contribution in [1.29, 1.82) is 0 Å². The molecule has 0 unspecified atom stereocenters. The van der Waals surface area contributed by atoms with Crippen molar-refractivity contribution in [3.8, 4) is 0 Å². The van der Waals surface area contributed by atoms with Crippen LogP contribution in [-0.4, -0.2) is 22.2 Å². The maximum Gasteiger partial charge on any atom is 0.339 e. The molecule has 0 aliphatic heterocycles. The molecule has 0 bridgehead atoms. The van der Waals surface area contributed by atoms with Crippen LogP contribution in [0.15, 0.2) is 15.9 Å². The fraction of sp³-hybridized carbons (Fsp3) is 0. The third kappa shape index (κ3) is 2.07. The third-order valence-electron chi connectivity index (χ3n) is 1.66. The summed E-state index contributed by atoms with van der Waals surface area (Å²) in [5.41, 5.74) is -1.11. The van der Waals surface area contributed by atoms with Gasteiger partial charge in [-0.3, -0.25) is 0 Å². The minimum Gasteiger partial charge on any atom is -0.478 e. The van der Waals surface area contributed by atoms with Crippen molar-refractivity contribution in [2.24, 2.45) is 0 Å². The van der Waals surface area contributed by atoms with Gasteiger partial charge in [-0.05, 0) is 6.07 Å².